The standard InChI is InChI=1S/C24H44O/c1-20-15-16-24(21(2)17-20)14-9-7-5-3-4-6-8-11-22-12-10-13-23(18-22)19-25/h19-24H,3-18H2,1-2H3. The van der Waals surface area contributed by atoms with Gasteiger partial charge in [-0.1, -0.05) is 90.9 Å². The van der Waals surface area contributed by atoms with Crippen LogP contribution in [0.25, 0.3) is 0 Å². The second-order valence-electron chi connectivity index (χ2n) is 9.64. The Morgan fingerprint density at radius 2 is 1.44 bits per heavy atom. The molecule has 2 fully saturated rings. The topological polar surface area (TPSA) is 17.1 Å². The second-order valence-corrected chi connectivity index (χ2v) is 9.64. The summed E-state index contributed by atoms with van der Waals surface area (Å²) in [6, 6.07) is 0. The summed E-state index contributed by atoms with van der Waals surface area (Å²) in [5.41, 5.74) is 0. The molecule has 0 spiro atoms. The van der Waals surface area contributed by atoms with Crippen LogP contribution in [0.15, 0.2) is 0 Å². The van der Waals surface area contributed by atoms with Gasteiger partial charge in [0.15, 0.2) is 0 Å². The van der Waals surface area contributed by atoms with Gasteiger partial charge in [-0.25, -0.2) is 0 Å². The predicted molar refractivity (Wildman–Crippen MR) is 109 cm³/mol. The average Bonchev–Trinajstić information content (AvgIpc) is 2.62. The van der Waals surface area contributed by atoms with Gasteiger partial charge in [0.1, 0.15) is 6.29 Å². The Kier molecular flexibility index (Phi) is 10.2. The highest BCUT2D eigenvalue weighted by atomic mass is 16.1. The van der Waals surface area contributed by atoms with E-state index >= 15 is 0 Å². The van der Waals surface area contributed by atoms with E-state index < -0.39 is 0 Å². The van der Waals surface area contributed by atoms with E-state index in [9.17, 15) is 4.79 Å². The number of unbranched alkanes of at least 4 members (excludes halogenated alkanes) is 6. The van der Waals surface area contributed by atoms with E-state index in [-0.39, 0.29) is 0 Å². The van der Waals surface area contributed by atoms with Crippen molar-refractivity contribution in [3.63, 3.8) is 0 Å². The van der Waals surface area contributed by atoms with Crippen molar-refractivity contribution in [2.45, 2.75) is 117 Å². The van der Waals surface area contributed by atoms with Crippen molar-refractivity contribution in [3.8, 4) is 0 Å². The van der Waals surface area contributed by atoms with Crippen LogP contribution >= 0.6 is 0 Å². The SMILES string of the molecule is CC1CCC(CCCCCCCCCC2CCCC(C=O)C2)C(C)C1. The molecule has 0 N–H and O–H groups in total. The molecular weight excluding hydrogens is 304 g/mol. The largest absolute Gasteiger partial charge is 0.303 e. The maximum absolute atomic E-state index is 10.9. The summed E-state index contributed by atoms with van der Waals surface area (Å²) in [6.07, 6.45) is 23.6. The van der Waals surface area contributed by atoms with Crippen LogP contribution in [0.3, 0.4) is 0 Å². The van der Waals surface area contributed by atoms with Gasteiger partial charge >= 0.3 is 0 Å². The molecule has 5 unspecified atom stereocenters. The van der Waals surface area contributed by atoms with Gasteiger partial charge in [0.25, 0.3) is 0 Å². The molecule has 1 heteroatoms. The zero-order valence-corrected chi connectivity index (χ0v) is 17.2. The molecule has 2 saturated carbocycles. The quantitative estimate of drug-likeness (QED) is 0.278. The minimum atomic E-state index is 0.383. The molecule has 0 aromatic carbocycles. The van der Waals surface area contributed by atoms with E-state index in [1.54, 1.807) is 0 Å². The van der Waals surface area contributed by atoms with Crippen LogP contribution in [-0.4, -0.2) is 6.29 Å². The first kappa shape index (κ1) is 21.0. The number of carbonyl (C=O) groups excluding carboxylic acids is 1. The Hall–Kier alpha value is -0.330. The monoisotopic (exact) mass is 348 g/mol. The molecule has 146 valence electrons. The van der Waals surface area contributed by atoms with Gasteiger partial charge < -0.3 is 4.79 Å². The van der Waals surface area contributed by atoms with Gasteiger partial charge in [0, 0.05) is 5.92 Å². The zero-order valence-electron chi connectivity index (χ0n) is 17.2. The van der Waals surface area contributed by atoms with Gasteiger partial charge in [-0.15, -0.1) is 0 Å². The highest BCUT2D eigenvalue weighted by Gasteiger charge is 2.24. The minimum absolute atomic E-state index is 0.383. The molecule has 0 aromatic rings. The Balaban J connectivity index is 1.38. The molecule has 25 heavy (non-hydrogen) atoms. The Morgan fingerprint density at radius 1 is 0.760 bits per heavy atom. The maximum atomic E-state index is 10.9. The fraction of sp³-hybridized carbons (Fsp3) is 0.958. The molecule has 0 radical (unpaired) electrons. The maximum Gasteiger partial charge on any atom is 0.123 e. The fourth-order valence-electron chi connectivity index (χ4n) is 5.60. The Bertz CT molecular complexity index is 350. The van der Waals surface area contributed by atoms with Crippen LogP contribution in [0.2, 0.25) is 0 Å². The van der Waals surface area contributed by atoms with E-state index in [1.807, 2.05) is 0 Å². The summed E-state index contributed by atoms with van der Waals surface area (Å²) < 4.78 is 0. The normalized spacial score (nSPS) is 33.3. The van der Waals surface area contributed by atoms with Crippen LogP contribution in [-0.2, 0) is 4.79 Å². The van der Waals surface area contributed by atoms with Crippen molar-refractivity contribution in [1.29, 1.82) is 0 Å². The molecule has 2 aliphatic carbocycles. The summed E-state index contributed by atoms with van der Waals surface area (Å²) in [5, 5.41) is 0. The first-order valence-corrected chi connectivity index (χ1v) is 11.6. The lowest BCUT2D eigenvalue weighted by atomic mass is 9.73. The fourth-order valence-corrected chi connectivity index (χ4v) is 5.60. The molecular formula is C24H44O. The third kappa shape index (κ3) is 8.27. The summed E-state index contributed by atoms with van der Waals surface area (Å²) >= 11 is 0. The van der Waals surface area contributed by atoms with Crippen molar-refractivity contribution in [3.05, 3.63) is 0 Å². The summed E-state index contributed by atoms with van der Waals surface area (Å²) in [7, 11) is 0. The van der Waals surface area contributed by atoms with Crippen molar-refractivity contribution >= 4 is 6.29 Å². The number of hydrogen-bond acceptors (Lipinski definition) is 1. The third-order valence-corrected chi connectivity index (χ3v) is 7.31. The first-order chi connectivity index (χ1) is 12.2. The number of hydrogen-bond donors (Lipinski definition) is 0. The number of rotatable bonds is 11. The highest BCUT2D eigenvalue weighted by molar-refractivity contribution is 5.53. The minimum Gasteiger partial charge on any atom is -0.303 e. The lowest BCUT2D eigenvalue weighted by Crippen LogP contribution is -2.21. The van der Waals surface area contributed by atoms with E-state index in [0.717, 1.165) is 30.1 Å². The van der Waals surface area contributed by atoms with Crippen molar-refractivity contribution in [1.82, 2.24) is 0 Å². The smallest absolute Gasteiger partial charge is 0.123 e. The Morgan fingerprint density at radius 3 is 2.12 bits per heavy atom. The van der Waals surface area contributed by atoms with E-state index in [4.69, 9.17) is 0 Å². The molecule has 0 amide bonds. The molecule has 2 aliphatic rings. The van der Waals surface area contributed by atoms with E-state index in [0.29, 0.717) is 5.92 Å². The number of aldehydes is 1. The summed E-state index contributed by atoms with van der Waals surface area (Å²) in [4.78, 5) is 10.9. The lowest BCUT2D eigenvalue weighted by Gasteiger charge is -2.32. The molecule has 5 atom stereocenters. The van der Waals surface area contributed by atoms with Gasteiger partial charge in [0.05, 0.1) is 0 Å². The summed E-state index contributed by atoms with van der Waals surface area (Å²) in [5.74, 6) is 4.21. The van der Waals surface area contributed by atoms with Crippen LogP contribution in [0.1, 0.15) is 117 Å². The average molecular weight is 349 g/mol. The van der Waals surface area contributed by atoms with Gasteiger partial charge in [0.2, 0.25) is 0 Å². The van der Waals surface area contributed by atoms with E-state index in [1.165, 1.54) is 103 Å². The zero-order chi connectivity index (χ0) is 17.9. The van der Waals surface area contributed by atoms with E-state index in [2.05, 4.69) is 13.8 Å². The molecule has 0 heterocycles. The predicted octanol–water partition coefficient (Wildman–Crippen LogP) is 7.57. The molecule has 0 aromatic heterocycles. The molecule has 1 nitrogen and oxygen atoms in total. The van der Waals surface area contributed by atoms with Crippen LogP contribution in [0, 0.1) is 29.6 Å². The van der Waals surface area contributed by atoms with Gasteiger partial charge in [-0.05, 0) is 49.4 Å². The van der Waals surface area contributed by atoms with Crippen molar-refractivity contribution in [2.75, 3.05) is 0 Å². The number of carbonyl (C=O) groups is 1. The summed E-state index contributed by atoms with van der Waals surface area (Å²) in [6.45, 7) is 4.92. The third-order valence-electron chi connectivity index (χ3n) is 7.31. The Labute approximate surface area is 157 Å². The molecule has 2 rings (SSSR count). The lowest BCUT2D eigenvalue weighted by molar-refractivity contribution is -0.112. The molecule has 0 saturated heterocycles. The first-order valence-electron chi connectivity index (χ1n) is 11.6. The second kappa shape index (κ2) is 12.1. The van der Waals surface area contributed by atoms with Crippen LogP contribution in [0.4, 0.5) is 0 Å². The highest BCUT2D eigenvalue weighted by Crippen LogP contribution is 2.36. The van der Waals surface area contributed by atoms with Gasteiger partial charge in [-0.3, -0.25) is 0 Å². The van der Waals surface area contributed by atoms with Crippen LogP contribution in [0.5, 0.6) is 0 Å². The molecule has 0 bridgehead atoms. The van der Waals surface area contributed by atoms with Crippen molar-refractivity contribution < 1.29 is 4.79 Å². The van der Waals surface area contributed by atoms with Gasteiger partial charge in [-0.2, -0.15) is 0 Å². The van der Waals surface area contributed by atoms with Crippen molar-refractivity contribution in [2.24, 2.45) is 29.6 Å². The van der Waals surface area contributed by atoms with Crippen LogP contribution < -0.4 is 0 Å². The molecule has 0 aliphatic heterocycles.